The van der Waals surface area contributed by atoms with Crippen LogP contribution in [0.5, 0.6) is 0 Å². The summed E-state index contributed by atoms with van der Waals surface area (Å²) in [4.78, 5) is 29.2. The lowest BCUT2D eigenvalue weighted by molar-refractivity contribution is -0.144. The topological polar surface area (TPSA) is 87.5 Å². The van der Waals surface area contributed by atoms with Crippen molar-refractivity contribution in [1.82, 2.24) is 19.8 Å². The maximum atomic E-state index is 12.2. The first-order valence-electron chi connectivity index (χ1n) is 7.26. The molecule has 21 heavy (non-hydrogen) atoms. The molecule has 7 nitrogen and oxygen atoms in total. The van der Waals surface area contributed by atoms with E-state index in [2.05, 4.69) is 17.2 Å². The van der Waals surface area contributed by atoms with Gasteiger partial charge in [0.2, 0.25) is 0 Å². The van der Waals surface area contributed by atoms with Crippen molar-refractivity contribution in [1.29, 1.82) is 0 Å². The van der Waals surface area contributed by atoms with Crippen LogP contribution in [-0.4, -0.2) is 44.1 Å². The average Bonchev–Trinajstić information content (AvgIpc) is 2.89. The van der Waals surface area contributed by atoms with Gasteiger partial charge in [-0.25, -0.2) is 14.6 Å². The fraction of sp³-hybridized carbons (Fsp3) is 0.643. The summed E-state index contributed by atoms with van der Waals surface area (Å²) in [5.74, 6) is 0.184. The molecule has 1 saturated heterocycles. The van der Waals surface area contributed by atoms with Crippen molar-refractivity contribution < 1.29 is 14.7 Å². The molecule has 0 radical (unpaired) electrons. The molecule has 2 rings (SSSR count). The fourth-order valence-electron chi connectivity index (χ4n) is 2.71. The number of hydrogen-bond acceptors (Lipinski definition) is 3. The lowest BCUT2D eigenvalue weighted by Crippen LogP contribution is -2.53. The summed E-state index contributed by atoms with van der Waals surface area (Å²) >= 11 is 0. The molecule has 1 aromatic heterocycles. The highest BCUT2D eigenvalue weighted by Gasteiger charge is 2.35. The molecule has 0 spiro atoms. The van der Waals surface area contributed by atoms with Gasteiger partial charge in [-0.3, -0.25) is 0 Å². The van der Waals surface area contributed by atoms with E-state index in [4.69, 9.17) is 0 Å². The van der Waals surface area contributed by atoms with Crippen molar-refractivity contribution in [3.05, 3.63) is 18.2 Å². The molecule has 2 unspecified atom stereocenters. The van der Waals surface area contributed by atoms with Gasteiger partial charge in [0, 0.05) is 26.0 Å². The van der Waals surface area contributed by atoms with E-state index in [1.165, 1.54) is 4.90 Å². The first-order valence-corrected chi connectivity index (χ1v) is 7.26. The third-order valence-electron chi connectivity index (χ3n) is 4.15. The standard InChI is InChI=1S/C14H22N4O3/c1-3-10-4-6-18(11(8-10)13(19)20)14(21)16-9-12-15-5-7-17(12)2/h5,7,10-11H,3-4,6,8-9H2,1-2H3,(H,16,21)(H,19,20). The second-order valence-corrected chi connectivity index (χ2v) is 5.46. The highest BCUT2D eigenvalue weighted by atomic mass is 16.4. The Hall–Kier alpha value is -2.05. The van der Waals surface area contributed by atoms with Gasteiger partial charge in [-0.2, -0.15) is 0 Å². The Balaban J connectivity index is 1.97. The summed E-state index contributed by atoms with van der Waals surface area (Å²) in [6, 6.07) is -1.06. The van der Waals surface area contributed by atoms with Crippen molar-refractivity contribution in [2.24, 2.45) is 13.0 Å². The Kier molecular flexibility index (Phi) is 4.82. The van der Waals surface area contributed by atoms with E-state index >= 15 is 0 Å². The van der Waals surface area contributed by atoms with Gasteiger partial charge in [-0.15, -0.1) is 0 Å². The average molecular weight is 294 g/mol. The lowest BCUT2D eigenvalue weighted by Gasteiger charge is -2.36. The molecule has 1 fully saturated rings. The SMILES string of the molecule is CCC1CCN(C(=O)NCc2nccn2C)C(C(=O)O)C1. The maximum Gasteiger partial charge on any atom is 0.326 e. The summed E-state index contributed by atoms with van der Waals surface area (Å²) in [6.45, 7) is 2.84. The normalized spacial score (nSPS) is 22.1. The lowest BCUT2D eigenvalue weighted by atomic mass is 9.89. The van der Waals surface area contributed by atoms with E-state index in [1.807, 2.05) is 11.6 Å². The highest BCUT2D eigenvalue weighted by Crippen LogP contribution is 2.25. The van der Waals surface area contributed by atoms with E-state index in [1.54, 1.807) is 12.4 Å². The predicted octanol–water partition coefficient (Wildman–Crippen LogP) is 1.20. The molecular formula is C14H22N4O3. The molecule has 2 heterocycles. The molecule has 2 amide bonds. The number of carboxylic acids is 1. The van der Waals surface area contributed by atoms with Crippen molar-refractivity contribution in [2.45, 2.75) is 38.8 Å². The number of carboxylic acid groups (broad SMARTS) is 1. The molecule has 1 aromatic rings. The Morgan fingerprint density at radius 1 is 1.52 bits per heavy atom. The van der Waals surface area contributed by atoms with Crippen LogP contribution in [0.3, 0.4) is 0 Å². The summed E-state index contributed by atoms with van der Waals surface area (Å²) in [5.41, 5.74) is 0. The number of urea groups is 1. The zero-order valence-corrected chi connectivity index (χ0v) is 12.5. The molecule has 2 N–H and O–H groups in total. The number of aromatic nitrogens is 2. The van der Waals surface area contributed by atoms with Crippen LogP contribution in [0.2, 0.25) is 0 Å². The fourth-order valence-corrected chi connectivity index (χ4v) is 2.71. The Bertz CT molecular complexity index is 514. The van der Waals surface area contributed by atoms with Crippen LogP contribution in [0.4, 0.5) is 4.79 Å². The minimum atomic E-state index is -0.930. The number of likely N-dealkylation sites (tertiary alicyclic amines) is 1. The number of hydrogen-bond donors (Lipinski definition) is 2. The van der Waals surface area contributed by atoms with Gasteiger partial charge in [0.15, 0.2) is 0 Å². The summed E-state index contributed by atoms with van der Waals surface area (Å²) in [7, 11) is 1.85. The predicted molar refractivity (Wildman–Crippen MR) is 76.6 cm³/mol. The minimum Gasteiger partial charge on any atom is -0.480 e. The van der Waals surface area contributed by atoms with Gasteiger partial charge in [-0.05, 0) is 18.8 Å². The van der Waals surface area contributed by atoms with Gasteiger partial charge in [-0.1, -0.05) is 13.3 Å². The molecule has 7 heteroatoms. The van der Waals surface area contributed by atoms with E-state index in [0.29, 0.717) is 25.4 Å². The van der Waals surface area contributed by atoms with Crippen molar-refractivity contribution >= 4 is 12.0 Å². The van der Waals surface area contributed by atoms with Crippen molar-refractivity contribution in [2.75, 3.05) is 6.54 Å². The maximum absolute atomic E-state index is 12.2. The van der Waals surface area contributed by atoms with Crippen molar-refractivity contribution in [3.8, 4) is 0 Å². The first kappa shape index (κ1) is 15.3. The monoisotopic (exact) mass is 294 g/mol. The molecular weight excluding hydrogens is 272 g/mol. The molecule has 0 aromatic carbocycles. The van der Waals surface area contributed by atoms with Crippen LogP contribution in [-0.2, 0) is 18.4 Å². The number of rotatable bonds is 4. The van der Waals surface area contributed by atoms with Crippen LogP contribution in [0.1, 0.15) is 32.0 Å². The smallest absolute Gasteiger partial charge is 0.326 e. The summed E-state index contributed by atoms with van der Waals surface area (Å²) in [5, 5.41) is 12.1. The third-order valence-corrected chi connectivity index (χ3v) is 4.15. The molecule has 116 valence electrons. The minimum absolute atomic E-state index is 0.294. The van der Waals surface area contributed by atoms with E-state index in [9.17, 15) is 14.7 Å². The number of aliphatic carboxylic acids is 1. The Morgan fingerprint density at radius 3 is 2.86 bits per heavy atom. The van der Waals surface area contributed by atoms with E-state index in [0.717, 1.165) is 18.7 Å². The molecule has 1 aliphatic heterocycles. The number of carbonyl (C=O) groups is 2. The second kappa shape index (κ2) is 6.60. The van der Waals surface area contributed by atoms with Crippen LogP contribution < -0.4 is 5.32 Å². The number of nitrogens with zero attached hydrogens (tertiary/aromatic N) is 3. The number of piperidine rings is 1. The number of nitrogens with one attached hydrogen (secondary N) is 1. The molecule has 0 bridgehead atoms. The van der Waals surface area contributed by atoms with Gasteiger partial charge < -0.3 is 19.9 Å². The van der Waals surface area contributed by atoms with Gasteiger partial charge in [0.25, 0.3) is 0 Å². The van der Waals surface area contributed by atoms with Gasteiger partial charge in [0.05, 0.1) is 6.54 Å². The van der Waals surface area contributed by atoms with Gasteiger partial charge >= 0.3 is 12.0 Å². The molecule has 1 aliphatic rings. The number of amides is 2. The zero-order valence-electron chi connectivity index (χ0n) is 12.5. The van der Waals surface area contributed by atoms with E-state index in [-0.39, 0.29) is 6.03 Å². The zero-order chi connectivity index (χ0) is 15.4. The first-order chi connectivity index (χ1) is 10.0. The number of aryl methyl sites for hydroxylation is 1. The molecule has 2 atom stereocenters. The summed E-state index contributed by atoms with van der Waals surface area (Å²) < 4.78 is 1.82. The van der Waals surface area contributed by atoms with Crippen molar-refractivity contribution in [3.63, 3.8) is 0 Å². The third kappa shape index (κ3) is 3.53. The molecule has 0 saturated carbocycles. The second-order valence-electron chi connectivity index (χ2n) is 5.46. The summed E-state index contributed by atoms with van der Waals surface area (Å²) in [6.07, 6.45) is 5.80. The van der Waals surface area contributed by atoms with Crippen LogP contribution >= 0.6 is 0 Å². The Labute approximate surface area is 124 Å². The molecule has 0 aliphatic carbocycles. The van der Waals surface area contributed by atoms with Crippen LogP contribution in [0.15, 0.2) is 12.4 Å². The Morgan fingerprint density at radius 2 is 2.29 bits per heavy atom. The van der Waals surface area contributed by atoms with Crippen LogP contribution in [0, 0.1) is 5.92 Å². The highest BCUT2D eigenvalue weighted by molar-refractivity contribution is 5.82. The number of imidazole rings is 1. The van der Waals surface area contributed by atoms with Gasteiger partial charge in [0.1, 0.15) is 11.9 Å². The van der Waals surface area contributed by atoms with E-state index < -0.39 is 12.0 Å². The largest absolute Gasteiger partial charge is 0.480 e. The number of carbonyl (C=O) groups excluding carboxylic acids is 1. The van der Waals surface area contributed by atoms with Crippen LogP contribution in [0.25, 0.3) is 0 Å². The quantitative estimate of drug-likeness (QED) is 0.873.